The monoisotopic (exact) mass is 337 g/mol. The molecule has 1 aliphatic carbocycles. The lowest BCUT2D eigenvalue weighted by atomic mass is 9.86. The largest absolute Gasteiger partial charge is 0.368 e. The SMILES string of the molecule is C=C(C)c1cnccc1-c1cnc(N)nc1N(C)C1CCC(C)CC1. The summed E-state index contributed by atoms with van der Waals surface area (Å²) in [5, 5.41) is 0. The first-order valence-corrected chi connectivity index (χ1v) is 8.93. The molecule has 1 aliphatic rings. The van der Waals surface area contributed by atoms with Crippen LogP contribution in [0.5, 0.6) is 0 Å². The van der Waals surface area contributed by atoms with E-state index in [-0.39, 0.29) is 0 Å². The van der Waals surface area contributed by atoms with Gasteiger partial charge in [0.2, 0.25) is 5.95 Å². The lowest BCUT2D eigenvalue weighted by Gasteiger charge is -2.35. The maximum Gasteiger partial charge on any atom is 0.221 e. The van der Waals surface area contributed by atoms with Gasteiger partial charge in [-0.25, -0.2) is 4.98 Å². The lowest BCUT2D eigenvalue weighted by molar-refractivity contribution is 0.340. The van der Waals surface area contributed by atoms with Crippen molar-refractivity contribution >= 4 is 17.3 Å². The zero-order chi connectivity index (χ0) is 18.0. The molecule has 0 radical (unpaired) electrons. The number of nitrogen functional groups attached to an aromatic ring is 1. The molecular weight excluding hydrogens is 310 g/mol. The fourth-order valence-electron chi connectivity index (χ4n) is 3.62. The molecule has 0 unspecified atom stereocenters. The van der Waals surface area contributed by atoms with Gasteiger partial charge in [-0.15, -0.1) is 0 Å². The van der Waals surface area contributed by atoms with Gasteiger partial charge in [-0.05, 0) is 55.7 Å². The molecular formula is C20H27N5. The summed E-state index contributed by atoms with van der Waals surface area (Å²) in [6, 6.07) is 2.48. The molecule has 3 rings (SSSR count). The van der Waals surface area contributed by atoms with Gasteiger partial charge >= 0.3 is 0 Å². The Morgan fingerprint density at radius 1 is 1.20 bits per heavy atom. The van der Waals surface area contributed by atoms with Gasteiger partial charge in [0.15, 0.2) is 0 Å². The van der Waals surface area contributed by atoms with Crippen LogP contribution in [0.25, 0.3) is 16.7 Å². The third-order valence-electron chi connectivity index (χ3n) is 5.23. The highest BCUT2D eigenvalue weighted by atomic mass is 15.2. The molecule has 0 atom stereocenters. The van der Waals surface area contributed by atoms with Gasteiger partial charge in [0.25, 0.3) is 0 Å². The average Bonchev–Trinajstić information content (AvgIpc) is 2.61. The van der Waals surface area contributed by atoms with Crippen LogP contribution in [0.2, 0.25) is 0 Å². The predicted octanol–water partition coefficient (Wildman–Crippen LogP) is 4.17. The van der Waals surface area contributed by atoms with E-state index in [9.17, 15) is 0 Å². The number of nitrogens with zero attached hydrogens (tertiary/aromatic N) is 4. The summed E-state index contributed by atoms with van der Waals surface area (Å²) in [4.78, 5) is 15.4. The van der Waals surface area contributed by atoms with Crippen molar-refractivity contribution in [2.75, 3.05) is 17.7 Å². The zero-order valence-electron chi connectivity index (χ0n) is 15.4. The van der Waals surface area contributed by atoms with Crippen LogP contribution >= 0.6 is 0 Å². The third kappa shape index (κ3) is 3.65. The zero-order valence-corrected chi connectivity index (χ0v) is 15.4. The Morgan fingerprint density at radius 3 is 2.60 bits per heavy atom. The molecule has 0 aliphatic heterocycles. The van der Waals surface area contributed by atoms with E-state index in [1.165, 1.54) is 25.7 Å². The maximum atomic E-state index is 5.91. The fourth-order valence-corrected chi connectivity index (χ4v) is 3.62. The Hall–Kier alpha value is -2.43. The fraction of sp³-hybridized carbons (Fsp3) is 0.450. The summed E-state index contributed by atoms with van der Waals surface area (Å²) in [5.41, 5.74) is 9.93. The van der Waals surface area contributed by atoms with E-state index in [2.05, 4.69) is 40.4 Å². The standard InChI is InChI=1S/C20H27N5/c1-13(2)17-11-22-10-9-16(17)18-12-23-20(21)24-19(18)25(4)15-7-5-14(3)6-8-15/h9-12,14-15H,1,5-8H2,2-4H3,(H2,21,23,24). The number of hydrogen-bond donors (Lipinski definition) is 1. The molecule has 2 aromatic rings. The summed E-state index contributed by atoms with van der Waals surface area (Å²) in [5.74, 6) is 2.01. The van der Waals surface area contributed by atoms with Gasteiger partial charge in [0.1, 0.15) is 5.82 Å². The summed E-state index contributed by atoms with van der Waals surface area (Å²) in [6.45, 7) is 8.41. The molecule has 5 heteroatoms. The Bertz CT molecular complexity index is 762. The first kappa shape index (κ1) is 17.4. The van der Waals surface area contributed by atoms with E-state index in [1.807, 2.05) is 25.4 Å². The minimum Gasteiger partial charge on any atom is -0.368 e. The van der Waals surface area contributed by atoms with E-state index in [1.54, 1.807) is 6.20 Å². The highest BCUT2D eigenvalue weighted by Crippen LogP contribution is 2.36. The van der Waals surface area contributed by atoms with Crippen molar-refractivity contribution in [3.8, 4) is 11.1 Å². The van der Waals surface area contributed by atoms with E-state index in [0.717, 1.165) is 34.0 Å². The van der Waals surface area contributed by atoms with Crippen molar-refractivity contribution in [1.82, 2.24) is 15.0 Å². The van der Waals surface area contributed by atoms with E-state index in [4.69, 9.17) is 5.73 Å². The van der Waals surface area contributed by atoms with Crippen LogP contribution in [0.4, 0.5) is 11.8 Å². The molecule has 1 saturated carbocycles. The Labute approximate surface area is 150 Å². The second kappa shape index (κ2) is 7.21. The average molecular weight is 337 g/mol. The van der Waals surface area contributed by atoms with E-state index >= 15 is 0 Å². The molecule has 0 amide bonds. The number of pyridine rings is 1. The second-order valence-corrected chi connectivity index (χ2v) is 7.19. The van der Waals surface area contributed by atoms with Crippen LogP contribution in [-0.2, 0) is 0 Å². The third-order valence-corrected chi connectivity index (χ3v) is 5.23. The molecule has 0 saturated heterocycles. The molecule has 0 bridgehead atoms. The Kier molecular flexibility index (Phi) is 5.02. The molecule has 2 aromatic heterocycles. The van der Waals surface area contributed by atoms with Crippen LogP contribution in [0.15, 0.2) is 31.2 Å². The summed E-state index contributed by atoms with van der Waals surface area (Å²) < 4.78 is 0. The Morgan fingerprint density at radius 2 is 1.92 bits per heavy atom. The molecule has 2 N–H and O–H groups in total. The van der Waals surface area contributed by atoms with Crippen molar-refractivity contribution in [3.05, 3.63) is 36.8 Å². The van der Waals surface area contributed by atoms with Gasteiger partial charge < -0.3 is 10.6 Å². The smallest absolute Gasteiger partial charge is 0.221 e. The highest BCUT2D eigenvalue weighted by molar-refractivity contribution is 5.84. The molecule has 5 nitrogen and oxygen atoms in total. The highest BCUT2D eigenvalue weighted by Gasteiger charge is 2.25. The summed E-state index contributed by atoms with van der Waals surface area (Å²) >= 11 is 0. The van der Waals surface area contributed by atoms with Crippen LogP contribution in [-0.4, -0.2) is 28.0 Å². The molecule has 0 spiro atoms. The van der Waals surface area contributed by atoms with Gasteiger partial charge in [0, 0.05) is 42.8 Å². The van der Waals surface area contributed by atoms with E-state index in [0.29, 0.717) is 12.0 Å². The number of rotatable bonds is 4. The van der Waals surface area contributed by atoms with Crippen molar-refractivity contribution in [1.29, 1.82) is 0 Å². The number of aromatic nitrogens is 3. The molecule has 1 fully saturated rings. The van der Waals surface area contributed by atoms with E-state index < -0.39 is 0 Å². The summed E-state index contributed by atoms with van der Waals surface area (Å²) in [6.07, 6.45) is 10.4. The van der Waals surface area contributed by atoms with Crippen LogP contribution in [0.1, 0.15) is 45.1 Å². The second-order valence-electron chi connectivity index (χ2n) is 7.19. The van der Waals surface area contributed by atoms with Crippen LogP contribution < -0.4 is 10.6 Å². The minimum atomic E-state index is 0.306. The maximum absolute atomic E-state index is 5.91. The molecule has 132 valence electrons. The van der Waals surface area contributed by atoms with Crippen molar-refractivity contribution < 1.29 is 0 Å². The molecule has 2 heterocycles. The Balaban J connectivity index is 2.03. The molecule has 0 aromatic carbocycles. The topological polar surface area (TPSA) is 67.9 Å². The van der Waals surface area contributed by atoms with Gasteiger partial charge in [-0.2, -0.15) is 4.98 Å². The van der Waals surface area contributed by atoms with Crippen molar-refractivity contribution in [3.63, 3.8) is 0 Å². The van der Waals surface area contributed by atoms with Crippen LogP contribution in [0, 0.1) is 5.92 Å². The number of anilines is 2. The van der Waals surface area contributed by atoms with Crippen molar-refractivity contribution in [2.45, 2.75) is 45.6 Å². The van der Waals surface area contributed by atoms with Crippen LogP contribution in [0.3, 0.4) is 0 Å². The normalized spacial score (nSPS) is 20.3. The van der Waals surface area contributed by atoms with Gasteiger partial charge in [0.05, 0.1) is 0 Å². The number of allylic oxidation sites excluding steroid dienone is 1. The predicted molar refractivity (Wildman–Crippen MR) is 104 cm³/mol. The van der Waals surface area contributed by atoms with Crippen molar-refractivity contribution in [2.24, 2.45) is 5.92 Å². The number of hydrogen-bond acceptors (Lipinski definition) is 5. The minimum absolute atomic E-state index is 0.306. The lowest BCUT2D eigenvalue weighted by Crippen LogP contribution is -2.35. The first-order chi connectivity index (χ1) is 12.0. The molecule has 25 heavy (non-hydrogen) atoms. The summed E-state index contributed by atoms with van der Waals surface area (Å²) in [7, 11) is 2.12. The van der Waals surface area contributed by atoms with Gasteiger partial charge in [-0.1, -0.05) is 13.5 Å². The van der Waals surface area contributed by atoms with Gasteiger partial charge in [-0.3, -0.25) is 4.98 Å². The number of nitrogens with two attached hydrogens (primary N) is 1. The first-order valence-electron chi connectivity index (χ1n) is 8.93. The quantitative estimate of drug-likeness (QED) is 0.907.